The molecule has 0 saturated heterocycles. The fourth-order valence-electron chi connectivity index (χ4n) is 4.07. The quantitative estimate of drug-likeness (QED) is 0.213. The van der Waals surface area contributed by atoms with Crippen molar-refractivity contribution in [3.63, 3.8) is 0 Å². The maximum absolute atomic E-state index is 12.5. The highest BCUT2D eigenvalue weighted by atomic mass is 16.7. The SMILES string of the molecule is C=CC(=O)OCOc1ccc(OC(=O)c2ccc(C3CCC(CCC)CC3)cc2)cc1. The van der Waals surface area contributed by atoms with E-state index in [1.54, 1.807) is 24.3 Å². The zero-order valence-corrected chi connectivity index (χ0v) is 18.0. The number of hydrogen-bond acceptors (Lipinski definition) is 5. The Kier molecular flexibility index (Phi) is 8.27. The number of carbonyl (C=O) groups is 2. The highest BCUT2D eigenvalue weighted by Gasteiger charge is 2.22. The number of hydrogen-bond donors (Lipinski definition) is 0. The third-order valence-electron chi connectivity index (χ3n) is 5.79. The molecule has 2 aromatic rings. The molecule has 1 aliphatic rings. The molecule has 1 fully saturated rings. The molecule has 0 aliphatic heterocycles. The molecule has 2 aromatic carbocycles. The first-order chi connectivity index (χ1) is 15.1. The number of esters is 2. The van der Waals surface area contributed by atoms with Gasteiger partial charge in [-0.15, -0.1) is 0 Å². The highest BCUT2D eigenvalue weighted by molar-refractivity contribution is 5.91. The van der Waals surface area contributed by atoms with Gasteiger partial charge in [0.1, 0.15) is 11.5 Å². The summed E-state index contributed by atoms with van der Waals surface area (Å²) < 4.78 is 15.5. The lowest BCUT2D eigenvalue weighted by Gasteiger charge is -2.28. The molecular weight excluding hydrogens is 392 g/mol. The molecule has 5 heteroatoms. The first-order valence-electron chi connectivity index (χ1n) is 10.9. The van der Waals surface area contributed by atoms with E-state index >= 15 is 0 Å². The molecule has 5 nitrogen and oxygen atoms in total. The standard InChI is InChI=1S/C26H30O5/c1-3-5-19-6-8-20(9-7-19)21-10-12-22(13-11-21)26(28)31-24-16-14-23(15-17-24)29-18-30-25(27)4-2/h4,10-17,19-20H,2-3,5-9,18H2,1H3. The molecule has 0 amide bonds. The summed E-state index contributed by atoms with van der Waals surface area (Å²) in [7, 11) is 0. The molecule has 1 aliphatic carbocycles. The Balaban J connectivity index is 1.49. The van der Waals surface area contributed by atoms with Gasteiger partial charge in [-0.05, 0) is 79.5 Å². The van der Waals surface area contributed by atoms with Crippen LogP contribution in [0.15, 0.2) is 61.2 Å². The lowest BCUT2D eigenvalue weighted by Crippen LogP contribution is -2.13. The number of benzene rings is 2. The molecule has 0 bridgehead atoms. The van der Waals surface area contributed by atoms with Crippen molar-refractivity contribution in [3.8, 4) is 11.5 Å². The van der Waals surface area contributed by atoms with Crippen molar-refractivity contribution in [2.45, 2.75) is 51.4 Å². The van der Waals surface area contributed by atoms with Crippen molar-refractivity contribution >= 4 is 11.9 Å². The van der Waals surface area contributed by atoms with Gasteiger partial charge < -0.3 is 14.2 Å². The molecule has 0 spiro atoms. The largest absolute Gasteiger partial charge is 0.457 e. The summed E-state index contributed by atoms with van der Waals surface area (Å²) in [5, 5.41) is 0. The molecule has 0 unspecified atom stereocenters. The lowest BCUT2D eigenvalue weighted by atomic mass is 9.77. The Bertz CT molecular complexity index is 862. The second-order valence-electron chi connectivity index (χ2n) is 7.92. The topological polar surface area (TPSA) is 61.8 Å². The lowest BCUT2D eigenvalue weighted by molar-refractivity contribution is -0.144. The Labute approximate surface area is 184 Å². The van der Waals surface area contributed by atoms with Crippen molar-refractivity contribution in [1.29, 1.82) is 0 Å². The predicted molar refractivity (Wildman–Crippen MR) is 119 cm³/mol. The fraction of sp³-hybridized carbons (Fsp3) is 0.385. The normalized spacial score (nSPS) is 18.1. The van der Waals surface area contributed by atoms with Gasteiger partial charge in [-0.2, -0.15) is 0 Å². The molecule has 0 N–H and O–H groups in total. The van der Waals surface area contributed by atoms with Gasteiger partial charge in [0, 0.05) is 6.08 Å². The van der Waals surface area contributed by atoms with Gasteiger partial charge >= 0.3 is 11.9 Å². The monoisotopic (exact) mass is 422 g/mol. The van der Waals surface area contributed by atoms with Gasteiger partial charge in [-0.1, -0.05) is 38.5 Å². The van der Waals surface area contributed by atoms with Crippen LogP contribution in [-0.4, -0.2) is 18.7 Å². The predicted octanol–water partition coefficient (Wildman–Crippen LogP) is 6.05. The van der Waals surface area contributed by atoms with E-state index in [1.165, 1.54) is 44.1 Å². The Morgan fingerprint density at radius 2 is 1.61 bits per heavy atom. The van der Waals surface area contributed by atoms with Crippen LogP contribution in [0.4, 0.5) is 0 Å². The molecule has 0 aromatic heterocycles. The summed E-state index contributed by atoms with van der Waals surface area (Å²) in [4.78, 5) is 23.4. The van der Waals surface area contributed by atoms with Crippen LogP contribution >= 0.6 is 0 Å². The first-order valence-corrected chi connectivity index (χ1v) is 10.9. The van der Waals surface area contributed by atoms with E-state index in [9.17, 15) is 9.59 Å². The highest BCUT2D eigenvalue weighted by Crippen LogP contribution is 2.37. The van der Waals surface area contributed by atoms with Crippen LogP contribution in [0.3, 0.4) is 0 Å². The maximum Gasteiger partial charge on any atom is 0.343 e. The second kappa shape index (κ2) is 11.3. The Morgan fingerprint density at radius 1 is 0.968 bits per heavy atom. The van der Waals surface area contributed by atoms with E-state index in [0.717, 1.165) is 12.0 Å². The summed E-state index contributed by atoms with van der Waals surface area (Å²) in [6.45, 7) is 5.36. The molecule has 31 heavy (non-hydrogen) atoms. The van der Waals surface area contributed by atoms with Gasteiger partial charge in [0.2, 0.25) is 6.79 Å². The van der Waals surface area contributed by atoms with Crippen LogP contribution in [0.2, 0.25) is 0 Å². The van der Waals surface area contributed by atoms with Crippen LogP contribution in [-0.2, 0) is 9.53 Å². The van der Waals surface area contributed by atoms with E-state index in [-0.39, 0.29) is 6.79 Å². The van der Waals surface area contributed by atoms with Gasteiger partial charge in [0.15, 0.2) is 0 Å². The van der Waals surface area contributed by atoms with Crippen molar-refractivity contribution in [2.75, 3.05) is 6.79 Å². The molecule has 0 heterocycles. The van der Waals surface area contributed by atoms with Gasteiger partial charge in [0.25, 0.3) is 0 Å². The number of ether oxygens (including phenoxy) is 3. The Morgan fingerprint density at radius 3 is 2.23 bits per heavy atom. The van der Waals surface area contributed by atoms with Gasteiger partial charge in [0.05, 0.1) is 5.56 Å². The van der Waals surface area contributed by atoms with Crippen LogP contribution in [0.5, 0.6) is 11.5 Å². The smallest absolute Gasteiger partial charge is 0.343 e. The third kappa shape index (κ3) is 6.71. The minimum atomic E-state index is -0.555. The molecular formula is C26H30O5. The summed E-state index contributed by atoms with van der Waals surface area (Å²) in [6.07, 6.45) is 8.75. The summed E-state index contributed by atoms with van der Waals surface area (Å²) in [5.74, 6) is 1.44. The third-order valence-corrected chi connectivity index (χ3v) is 5.79. The molecule has 0 radical (unpaired) electrons. The molecule has 1 saturated carbocycles. The van der Waals surface area contributed by atoms with Crippen molar-refractivity contribution < 1.29 is 23.8 Å². The van der Waals surface area contributed by atoms with Crippen LogP contribution in [0.25, 0.3) is 0 Å². The maximum atomic E-state index is 12.5. The zero-order valence-electron chi connectivity index (χ0n) is 18.0. The average Bonchev–Trinajstić information content (AvgIpc) is 2.81. The van der Waals surface area contributed by atoms with E-state index in [0.29, 0.717) is 23.0 Å². The van der Waals surface area contributed by atoms with Crippen LogP contribution in [0.1, 0.15) is 67.3 Å². The van der Waals surface area contributed by atoms with E-state index < -0.39 is 11.9 Å². The summed E-state index contributed by atoms with van der Waals surface area (Å²) in [5.41, 5.74) is 1.84. The van der Waals surface area contributed by atoms with E-state index in [2.05, 4.69) is 25.6 Å². The first kappa shape index (κ1) is 22.6. The Hall–Kier alpha value is -3.08. The molecule has 3 rings (SSSR count). The van der Waals surface area contributed by atoms with Crippen molar-refractivity contribution in [3.05, 3.63) is 72.3 Å². The number of rotatable bonds is 9. The van der Waals surface area contributed by atoms with Gasteiger partial charge in [-0.25, -0.2) is 9.59 Å². The second-order valence-corrected chi connectivity index (χ2v) is 7.92. The van der Waals surface area contributed by atoms with Crippen molar-refractivity contribution in [2.24, 2.45) is 5.92 Å². The number of carbonyl (C=O) groups excluding carboxylic acids is 2. The summed E-state index contributed by atoms with van der Waals surface area (Å²) >= 11 is 0. The van der Waals surface area contributed by atoms with Crippen LogP contribution < -0.4 is 9.47 Å². The average molecular weight is 423 g/mol. The van der Waals surface area contributed by atoms with Crippen molar-refractivity contribution in [1.82, 2.24) is 0 Å². The molecule has 164 valence electrons. The van der Waals surface area contributed by atoms with Crippen LogP contribution in [0, 0.1) is 5.92 Å². The molecule has 0 atom stereocenters. The summed E-state index contributed by atoms with van der Waals surface area (Å²) in [6, 6.07) is 14.4. The minimum Gasteiger partial charge on any atom is -0.457 e. The van der Waals surface area contributed by atoms with E-state index in [1.807, 2.05) is 12.1 Å². The minimum absolute atomic E-state index is 0.212. The zero-order chi connectivity index (χ0) is 22.1. The van der Waals surface area contributed by atoms with E-state index in [4.69, 9.17) is 14.2 Å². The van der Waals surface area contributed by atoms with Gasteiger partial charge in [-0.3, -0.25) is 0 Å². The fourth-order valence-corrected chi connectivity index (χ4v) is 4.07.